The lowest BCUT2D eigenvalue weighted by molar-refractivity contribution is -0.160. The van der Waals surface area contributed by atoms with E-state index in [0.717, 1.165) is 19.4 Å². The van der Waals surface area contributed by atoms with E-state index in [9.17, 15) is 9.59 Å². The van der Waals surface area contributed by atoms with Crippen molar-refractivity contribution in [2.24, 2.45) is 0 Å². The van der Waals surface area contributed by atoms with Gasteiger partial charge in [-0.2, -0.15) is 0 Å². The van der Waals surface area contributed by atoms with E-state index in [1.165, 1.54) is 11.8 Å². The van der Waals surface area contributed by atoms with Crippen LogP contribution in [0.5, 0.6) is 0 Å². The first-order valence-electron chi connectivity index (χ1n) is 5.28. The van der Waals surface area contributed by atoms with Crippen LogP contribution in [-0.4, -0.2) is 53.0 Å². The van der Waals surface area contributed by atoms with Crippen molar-refractivity contribution in [3.63, 3.8) is 0 Å². The van der Waals surface area contributed by atoms with Gasteiger partial charge in [-0.3, -0.25) is 9.59 Å². The molecule has 84 valence electrons. The Morgan fingerprint density at radius 2 is 2.47 bits per heavy atom. The Kier molecular flexibility index (Phi) is 2.52. The van der Waals surface area contributed by atoms with Crippen LogP contribution in [0.1, 0.15) is 19.8 Å². The fourth-order valence-corrected chi connectivity index (χ4v) is 2.44. The lowest BCUT2D eigenvalue weighted by atomic mass is 9.85. The number of nitrogens with zero attached hydrogens (tertiary/aromatic N) is 1. The zero-order valence-corrected chi connectivity index (χ0v) is 8.82. The summed E-state index contributed by atoms with van der Waals surface area (Å²) in [7, 11) is 0. The summed E-state index contributed by atoms with van der Waals surface area (Å²) in [5.41, 5.74) is -0.414. The Morgan fingerprint density at radius 1 is 1.73 bits per heavy atom. The second-order valence-electron chi connectivity index (χ2n) is 4.35. The SMILES string of the molecule is CC(=O)C(CO)N1CC2(CCCN2)C1=O. The molecular formula is C10H16N2O3. The molecule has 2 aliphatic heterocycles. The number of carbonyl (C=O) groups is 2. The number of rotatable bonds is 3. The number of likely N-dealkylation sites (tertiary alicyclic amines) is 1. The first-order valence-corrected chi connectivity index (χ1v) is 5.28. The largest absolute Gasteiger partial charge is 0.394 e. The van der Waals surface area contributed by atoms with Crippen LogP contribution < -0.4 is 5.32 Å². The zero-order valence-electron chi connectivity index (χ0n) is 8.82. The average molecular weight is 212 g/mol. The van der Waals surface area contributed by atoms with Crippen LogP contribution in [0.3, 0.4) is 0 Å². The summed E-state index contributed by atoms with van der Waals surface area (Å²) in [5, 5.41) is 12.2. The van der Waals surface area contributed by atoms with E-state index in [-0.39, 0.29) is 18.3 Å². The smallest absolute Gasteiger partial charge is 0.245 e. The molecule has 2 rings (SSSR count). The summed E-state index contributed by atoms with van der Waals surface area (Å²) < 4.78 is 0. The molecule has 2 fully saturated rings. The first-order chi connectivity index (χ1) is 7.10. The van der Waals surface area contributed by atoms with E-state index >= 15 is 0 Å². The van der Waals surface area contributed by atoms with Gasteiger partial charge in [-0.05, 0) is 26.3 Å². The molecule has 0 aliphatic carbocycles. The molecule has 2 atom stereocenters. The highest BCUT2D eigenvalue weighted by atomic mass is 16.3. The van der Waals surface area contributed by atoms with Crippen LogP contribution >= 0.6 is 0 Å². The minimum absolute atomic E-state index is 0.0331. The van der Waals surface area contributed by atoms with E-state index < -0.39 is 11.6 Å². The Labute approximate surface area is 88.4 Å². The molecular weight excluding hydrogens is 196 g/mol. The molecule has 0 bridgehead atoms. The van der Waals surface area contributed by atoms with Crippen molar-refractivity contribution < 1.29 is 14.7 Å². The van der Waals surface area contributed by atoms with Gasteiger partial charge in [0.1, 0.15) is 11.6 Å². The van der Waals surface area contributed by atoms with E-state index in [2.05, 4.69) is 5.32 Å². The van der Waals surface area contributed by atoms with Gasteiger partial charge in [0, 0.05) is 6.54 Å². The summed E-state index contributed by atoms with van der Waals surface area (Å²) >= 11 is 0. The molecule has 2 heterocycles. The van der Waals surface area contributed by atoms with E-state index in [4.69, 9.17) is 5.11 Å². The van der Waals surface area contributed by atoms with Crippen molar-refractivity contribution in [3.8, 4) is 0 Å². The number of aliphatic hydroxyl groups excluding tert-OH is 1. The Balaban J connectivity index is 2.04. The van der Waals surface area contributed by atoms with Crippen LogP contribution in [-0.2, 0) is 9.59 Å². The molecule has 15 heavy (non-hydrogen) atoms. The van der Waals surface area contributed by atoms with Gasteiger partial charge in [0.2, 0.25) is 5.91 Å². The molecule has 0 radical (unpaired) electrons. The fourth-order valence-electron chi connectivity index (χ4n) is 2.44. The predicted octanol–water partition coefficient (Wildman–Crippen LogP) is -1.10. The minimum Gasteiger partial charge on any atom is -0.394 e. The third-order valence-electron chi connectivity index (χ3n) is 3.37. The van der Waals surface area contributed by atoms with Gasteiger partial charge in [-0.1, -0.05) is 0 Å². The maximum Gasteiger partial charge on any atom is 0.245 e. The first kappa shape index (κ1) is 10.6. The van der Waals surface area contributed by atoms with E-state index in [0.29, 0.717) is 6.54 Å². The summed E-state index contributed by atoms with van der Waals surface area (Å²) in [5.74, 6) is -0.187. The normalized spacial score (nSPS) is 31.9. The summed E-state index contributed by atoms with van der Waals surface area (Å²) in [6, 6.07) is -0.648. The van der Waals surface area contributed by atoms with Crippen LogP contribution in [0.4, 0.5) is 0 Å². The fraction of sp³-hybridized carbons (Fsp3) is 0.800. The number of ketones is 1. The predicted molar refractivity (Wildman–Crippen MR) is 53.2 cm³/mol. The molecule has 2 unspecified atom stereocenters. The van der Waals surface area contributed by atoms with E-state index in [1.54, 1.807) is 0 Å². The van der Waals surface area contributed by atoms with Crippen molar-refractivity contribution >= 4 is 11.7 Å². The Bertz CT molecular complexity index is 297. The van der Waals surface area contributed by atoms with Gasteiger partial charge in [0.15, 0.2) is 5.78 Å². The third-order valence-corrected chi connectivity index (χ3v) is 3.37. The standard InChI is InChI=1S/C10H16N2O3/c1-7(14)8(5-13)12-6-10(9(12)15)3-2-4-11-10/h8,11,13H,2-6H2,1H3. The van der Waals surface area contributed by atoms with Crippen molar-refractivity contribution in [2.45, 2.75) is 31.3 Å². The maximum atomic E-state index is 11.9. The molecule has 2 aliphatic rings. The quantitative estimate of drug-likeness (QED) is 0.583. The number of nitrogens with one attached hydrogen (secondary N) is 1. The molecule has 0 aromatic heterocycles. The number of hydrogen-bond donors (Lipinski definition) is 2. The third kappa shape index (κ3) is 1.46. The van der Waals surface area contributed by atoms with Gasteiger partial charge >= 0.3 is 0 Å². The van der Waals surface area contributed by atoms with Gasteiger partial charge in [-0.15, -0.1) is 0 Å². The summed E-state index contributed by atoms with van der Waals surface area (Å²) in [6.07, 6.45) is 1.85. The lowest BCUT2D eigenvalue weighted by Gasteiger charge is -2.49. The monoisotopic (exact) mass is 212 g/mol. The van der Waals surface area contributed by atoms with Crippen molar-refractivity contribution in [1.82, 2.24) is 10.2 Å². The van der Waals surface area contributed by atoms with Crippen molar-refractivity contribution in [1.29, 1.82) is 0 Å². The second kappa shape index (κ2) is 3.57. The topological polar surface area (TPSA) is 69.6 Å². The number of hydrogen-bond acceptors (Lipinski definition) is 4. The lowest BCUT2D eigenvalue weighted by Crippen LogP contribution is -2.74. The molecule has 1 amide bonds. The Morgan fingerprint density at radius 3 is 2.87 bits per heavy atom. The highest BCUT2D eigenvalue weighted by Crippen LogP contribution is 2.32. The van der Waals surface area contributed by atoms with Crippen LogP contribution in [0.25, 0.3) is 0 Å². The number of β-lactam (4-membered cyclic amide) rings is 1. The molecule has 2 N–H and O–H groups in total. The average Bonchev–Trinajstić information content (AvgIpc) is 2.68. The van der Waals surface area contributed by atoms with E-state index in [1.807, 2.05) is 0 Å². The molecule has 0 aromatic carbocycles. The number of amides is 1. The number of aliphatic hydroxyl groups is 1. The Hall–Kier alpha value is -0.940. The van der Waals surface area contributed by atoms with Gasteiger partial charge in [-0.25, -0.2) is 0 Å². The highest BCUT2D eigenvalue weighted by Gasteiger charge is 2.55. The highest BCUT2D eigenvalue weighted by molar-refractivity contribution is 5.97. The summed E-state index contributed by atoms with van der Waals surface area (Å²) in [4.78, 5) is 24.5. The minimum atomic E-state index is -0.648. The molecule has 1 spiro atoms. The molecule has 0 saturated carbocycles. The summed E-state index contributed by atoms with van der Waals surface area (Å²) in [6.45, 7) is 2.54. The molecule has 0 aromatic rings. The zero-order chi connectivity index (χ0) is 11.1. The van der Waals surface area contributed by atoms with Gasteiger partial charge in [0.25, 0.3) is 0 Å². The second-order valence-corrected chi connectivity index (χ2v) is 4.35. The van der Waals surface area contributed by atoms with Crippen molar-refractivity contribution in [2.75, 3.05) is 19.7 Å². The number of carbonyl (C=O) groups excluding carboxylic acids is 2. The molecule has 2 saturated heterocycles. The number of Topliss-reactive ketones (excluding diaryl/α,β-unsaturated/α-hetero) is 1. The molecule has 5 nitrogen and oxygen atoms in total. The molecule has 5 heteroatoms. The van der Waals surface area contributed by atoms with Crippen LogP contribution in [0.2, 0.25) is 0 Å². The van der Waals surface area contributed by atoms with Crippen LogP contribution in [0.15, 0.2) is 0 Å². The van der Waals surface area contributed by atoms with Gasteiger partial charge in [0.05, 0.1) is 6.61 Å². The van der Waals surface area contributed by atoms with Gasteiger partial charge < -0.3 is 15.3 Å². The maximum absolute atomic E-state index is 11.9. The van der Waals surface area contributed by atoms with Crippen LogP contribution in [0, 0.1) is 0 Å². The van der Waals surface area contributed by atoms with Crippen molar-refractivity contribution in [3.05, 3.63) is 0 Å².